The predicted octanol–water partition coefficient (Wildman–Crippen LogP) is 3.65. The van der Waals surface area contributed by atoms with Crippen molar-refractivity contribution in [1.29, 1.82) is 0 Å². The van der Waals surface area contributed by atoms with Crippen molar-refractivity contribution in [3.63, 3.8) is 0 Å². The Morgan fingerprint density at radius 3 is 3.00 bits per heavy atom. The number of aromatic nitrogens is 3. The van der Waals surface area contributed by atoms with Gasteiger partial charge in [0.1, 0.15) is 9.34 Å². The molecule has 0 saturated carbocycles. The van der Waals surface area contributed by atoms with E-state index in [2.05, 4.69) is 27.5 Å². The summed E-state index contributed by atoms with van der Waals surface area (Å²) in [6, 6.07) is 10.2. The van der Waals surface area contributed by atoms with Crippen LogP contribution in [0.2, 0.25) is 4.34 Å². The highest BCUT2D eigenvalue weighted by molar-refractivity contribution is 7.15. The molecule has 0 amide bonds. The zero-order valence-corrected chi connectivity index (χ0v) is 12.2. The lowest BCUT2D eigenvalue weighted by molar-refractivity contribution is 0.687. The lowest BCUT2D eigenvalue weighted by atomic mass is 10.2. The number of nitrogens with one attached hydrogen (secondary N) is 1. The molecule has 0 unspecified atom stereocenters. The molecule has 0 aliphatic carbocycles. The van der Waals surface area contributed by atoms with Gasteiger partial charge >= 0.3 is 0 Å². The topological polar surface area (TPSA) is 42.7 Å². The fourth-order valence-electron chi connectivity index (χ4n) is 1.91. The first-order valence-electron chi connectivity index (χ1n) is 6.20. The SMILES string of the molecule is Clc1cnc(CNc2cccc(Cn3cccn3)c2)s1. The second-order valence-corrected chi connectivity index (χ2v) is 6.06. The van der Waals surface area contributed by atoms with Gasteiger partial charge < -0.3 is 5.32 Å². The van der Waals surface area contributed by atoms with Gasteiger partial charge in [-0.2, -0.15) is 5.10 Å². The number of hydrogen-bond donors (Lipinski definition) is 1. The Labute approximate surface area is 126 Å². The first-order valence-corrected chi connectivity index (χ1v) is 7.39. The van der Waals surface area contributed by atoms with Gasteiger partial charge in [-0.05, 0) is 23.8 Å². The van der Waals surface area contributed by atoms with E-state index in [4.69, 9.17) is 11.6 Å². The number of nitrogens with zero attached hydrogens (tertiary/aromatic N) is 3. The molecule has 2 heterocycles. The third-order valence-corrected chi connectivity index (χ3v) is 3.91. The average molecular weight is 305 g/mol. The van der Waals surface area contributed by atoms with Crippen LogP contribution in [-0.2, 0) is 13.1 Å². The van der Waals surface area contributed by atoms with Crippen molar-refractivity contribution in [3.05, 3.63) is 63.8 Å². The normalized spacial score (nSPS) is 10.7. The molecule has 0 spiro atoms. The molecule has 0 bridgehead atoms. The molecule has 0 aliphatic rings. The number of benzene rings is 1. The predicted molar refractivity (Wildman–Crippen MR) is 82.2 cm³/mol. The standard InChI is InChI=1S/C14H13ClN4S/c15-13-8-17-14(20-13)9-16-12-4-1-3-11(7-12)10-19-6-2-5-18-19/h1-8,16H,9-10H2. The van der Waals surface area contributed by atoms with Crippen LogP contribution in [0.3, 0.4) is 0 Å². The summed E-state index contributed by atoms with van der Waals surface area (Å²) < 4.78 is 2.62. The summed E-state index contributed by atoms with van der Waals surface area (Å²) >= 11 is 7.36. The van der Waals surface area contributed by atoms with Crippen LogP contribution >= 0.6 is 22.9 Å². The first-order chi connectivity index (χ1) is 9.79. The quantitative estimate of drug-likeness (QED) is 0.782. The molecule has 0 saturated heterocycles. The molecule has 1 N–H and O–H groups in total. The van der Waals surface area contributed by atoms with E-state index in [9.17, 15) is 0 Å². The maximum absolute atomic E-state index is 5.87. The molecule has 20 heavy (non-hydrogen) atoms. The van der Waals surface area contributed by atoms with Gasteiger partial charge in [-0.3, -0.25) is 4.68 Å². The molecule has 3 aromatic rings. The van der Waals surface area contributed by atoms with Crippen LogP contribution in [0.25, 0.3) is 0 Å². The van der Waals surface area contributed by atoms with Crippen LogP contribution in [0.1, 0.15) is 10.6 Å². The van der Waals surface area contributed by atoms with Crippen molar-refractivity contribution in [3.8, 4) is 0 Å². The maximum atomic E-state index is 5.87. The van der Waals surface area contributed by atoms with Crippen LogP contribution in [0, 0.1) is 0 Å². The van der Waals surface area contributed by atoms with E-state index in [1.807, 2.05) is 29.1 Å². The second kappa shape index (κ2) is 6.07. The Bertz CT molecular complexity index is 678. The van der Waals surface area contributed by atoms with Crippen LogP contribution in [-0.4, -0.2) is 14.8 Å². The molecular formula is C14H13ClN4S. The molecule has 0 aliphatic heterocycles. The van der Waals surface area contributed by atoms with Gasteiger partial charge in [0.15, 0.2) is 0 Å². The lowest BCUT2D eigenvalue weighted by Crippen LogP contribution is -2.02. The van der Waals surface area contributed by atoms with E-state index in [1.165, 1.54) is 16.9 Å². The third kappa shape index (κ3) is 3.37. The summed E-state index contributed by atoms with van der Waals surface area (Å²) in [7, 11) is 0. The minimum atomic E-state index is 0.683. The summed E-state index contributed by atoms with van der Waals surface area (Å²) in [4.78, 5) is 4.22. The monoisotopic (exact) mass is 304 g/mol. The molecule has 1 aromatic carbocycles. The minimum absolute atomic E-state index is 0.683. The lowest BCUT2D eigenvalue weighted by Gasteiger charge is -2.07. The number of hydrogen-bond acceptors (Lipinski definition) is 4. The van der Waals surface area contributed by atoms with Crippen molar-refractivity contribution in [2.45, 2.75) is 13.1 Å². The van der Waals surface area contributed by atoms with Crippen LogP contribution in [0.5, 0.6) is 0 Å². The fraction of sp³-hybridized carbons (Fsp3) is 0.143. The van der Waals surface area contributed by atoms with Crippen molar-refractivity contribution >= 4 is 28.6 Å². The van der Waals surface area contributed by atoms with E-state index in [1.54, 1.807) is 12.4 Å². The summed E-state index contributed by atoms with van der Waals surface area (Å²) in [5.41, 5.74) is 2.27. The highest BCUT2D eigenvalue weighted by Gasteiger charge is 2.01. The van der Waals surface area contributed by atoms with Crippen LogP contribution in [0.4, 0.5) is 5.69 Å². The van der Waals surface area contributed by atoms with Gasteiger partial charge in [-0.15, -0.1) is 11.3 Å². The largest absolute Gasteiger partial charge is 0.379 e. The van der Waals surface area contributed by atoms with Crippen molar-refractivity contribution in [2.24, 2.45) is 0 Å². The molecule has 3 rings (SSSR count). The second-order valence-electron chi connectivity index (χ2n) is 4.32. The number of thiazole rings is 1. The van der Waals surface area contributed by atoms with Gasteiger partial charge in [-0.25, -0.2) is 4.98 Å². The summed E-state index contributed by atoms with van der Waals surface area (Å²) in [5, 5.41) is 8.54. The number of halogens is 1. The molecule has 0 radical (unpaired) electrons. The molecule has 2 aromatic heterocycles. The van der Waals surface area contributed by atoms with Crippen LogP contribution < -0.4 is 5.32 Å². The highest BCUT2D eigenvalue weighted by Crippen LogP contribution is 2.19. The van der Waals surface area contributed by atoms with Crippen LogP contribution in [0.15, 0.2) is 48.9 Å². The van der Waals surface area contributed by atoms with Crippen molar-refractivity contribution in [2.75, 3.05) is 5.32 Å². The van der Waals surface area contributed by atoms with Gasteiger partial charge in [0.2, 0.25) is 0 Å². The van der Waals surface area contributed by atoms with Gasteiger partial charge in [0.25, 0.3) is 0 Å². The molecule has 0 atom stereocenters. The zero-order chi connectivity index (χ0) is 13.8. The Morgan fingerprint density at radius 1 is 1.30 bits per heavy atom. The van der Waals surface area contributed by atoms with Gasteiger partial charge in [0, 0.05) is 18.1 Å². The minimum Gasteiger partial charge on any atom is -0.379 e. The van der Waals surface area contributed by atoms with Gasteiger partial charge in [0.05, 0.1) is 19.3 Å². The highest BCUT2D eigenvalue weighted by atomic mass is 35.5. The summed E-state index contributed by atoms with van der Waals surface area (Å²) in [5.74, 6) is 0. The molecular weight excluding hydrogens is 292 g/mol. The number of anilines is 1. The molecule has 102 valence electrons. The smallest absolute Gasteiger partial charge is 0.113 e. The fourth-order valence-corrected chi connectivity index (χ4v) is 2.80. The zero-order valence-electron chi connectivity index (χ0n) is 10.7. The van der Waals surface area contributed by atoms with E-state index in [-0.39, 0.29) is 0 Å². The van der Waals surface area contributed by atoms with Gasteiger partial charge in [-0.1, -0.05) is 23.7 Å². The molecule has 6 heteroatoms. The Morgan fingerprint density at radius 2 is 2.25 bits per heavy atom. The van der Waals surface area contributed by atoms with E-state index >= 15 is 0 Å². The Balaban J connectivity index is 1.65. The van der Waals surface area contributed by atoms with Crippen molar-refractivity contribution < 1.29 is 0 Å². The number of rotatable bonds is 5. The first kappa shape index (κ1) is 13.1. The maximum Gasteiger partial charge on any atom is 0.113 e. The average Bonchev–Trinajstić information content (AvgIpc) is 3.09. The summed E-state index contributed by atoms with van der Waals surface area (Å²) in [6.45, 7) is 1.45. The summed E-state index contributed by atoms with van der Waals surface area (Å²) in [6.07, 6.45) is 5.42. The Hall–Kier alpha value is -1.85. The third-order valence-electron chi connectivity index (χ3n) is 2.80. The van der Waals surface area contributed by atoms with Crippen molar-refractivity contribution in [1.82, 2.24) is 14.8 Å². The van der Waals surface area contributed by atoms with E-state index in [0.717, 1.165) is 17.2 Å². The Kier molecular flexibility index (Phi) is 3.99. The molecule has 0 fully saturated rings. The molecule has 4 nitrogen and oxygen atoms in total. The van der Waals surface area contributed by atoms with E-state index < -0.39 is 0 Å². The van der Waals surface area contributed by atoms with E-state index in [0.29, 0.717) is 10.9 Å².